The van der Waals surface area contributed by atoms with Crippen molar-refractivity contribution in [2.24, 2.45) is 5.92 Å². The van der Waals surface area contributed by atoms with Crippen LogP contribution in [0.25, 0.3) is 0 Å². The lowest BCUT2D eigenvalue weighted by molar-refractivity contribution is 0.00258. The molecular weight excluding hydrogens is 272 g/mol. The standard InChI is InChI=1S/C19H24N2O/c22-19-16-6-2-4-14-3-1-5-15(18(14)16)11-21(19)17-12-20-9-7-13(17)8-10-20/h2,4,6,13,15,17H,1,3,5,7-12H2/t15-,17-/m1/s1/i3D2,11D2. The van der Waals surface area contributed by atoms with E-state index in [4.69, 9.17) is 5.48 Å². The van der Waals surface area contributed by atoms with E-state index in [1.165, 1.54) is 0 Å². The van der Waals surface area contributed by atoms with E-state index >= 15 is 0 Å². The van der Waals surface area contributed by atoms with Crippen molar-refractivity contribution in [3.63, 3.8) is 0 Å². The summed E-state index contributed by atoms with van der Waals surface area (Å²) in [6, 6.07) is 5.18. The zero-order chi connectivity index (χ0) is 18.3. The minimum Gasteiger partial charge on any atom is -0.333 e. The van der Waals surface area contributed by atoms with E-state index in [0.29, 0.717) is 35.4 Å². The number of rotatable bonds is 1. The maximum atomic E-state index is 13.4. The molecule has 3 fully saturated rings. The molecule has 116 valence electrons. The van der Waals surface area contributed by atoms with Crippen molar-refractivity contribution in [1.82, 2.24) is 9.80 Å². The number of piperidine rings is 3. The van der Waals surface area contributed by atoms with Gasteiger partial charge in [0.2, 0.25) is 0 Å². The molecule has 0 unspecified atom stereocenters. The van der Waals surface area contributed by atoms with E-state index in [2.05, 4.69) is 4.90 Å². The fraction of sp³-hybridized carbons (Fsp3) is 0.632. The number of hydrogen-bond donors (Lipinski definition) is 0. The summed E-state index contributed by atoms with van der Waals surface area (Å²) in [7, 11) is 0. The maximum Gasteiger partial charge on any atom is 0.254 e. The smallest absolute Gasteiger partial charge is 0.254 e. The van der Waals surface area contributed by atoms with Gasteiger partial charge in [-0.2, -0.15) is 0 Å². The van der Waals surface area contributed by atoms with Gasteiger partial charge in [-0.15, -0.1) is 0 Å². The quantitative estimate of drug-likeness (QED) is 0.796. The Labute approximate surface area is 137 Å². The lowest BCUT2D eigenvalue weighted by Gasteiger charge is -2.51. The van der Waals surface area contributed by atoms with E-state index in [1.807, 2.05) is 0 Å². The minimum absolute atomic E-state index is 0.0736. The van der Waals surface area contributed by atoms with Gasteiger partial charge in [-0.1, -0.05) is 12.1 Å². The first kappa shape index (κ1) is 9.71. The molecule has 5 aliphatic rings. The predicted molar refractivity (Wildman–Crippen MR) is 86.1 cm³/mol. The van der Waals surface area contributed by atoms with Crippen LogP contribution in [0.4, 0.5) is 0 Å². The average Bonchev–Trinajstić information content (AvgIpc) is 2.61. The van der Waals surface area contributed by atoms with E-state index < -0.39 is 18.8 Å². The monoisotopic (exact) mass is 300 g/mol. The van der Waals surface area contributed by atoms with Crippen LogP contribution in [0.5, 0.6) is 0 Å². The second-order valence-electron chi connectivity index (χ2n) is 7.04. The van der Waals surface area contributed by atoms with Gasteiger partial charge in [0.05, 0.1) is 2.74 Å². The molecule has 6 rings (SSSR count). The van der Waals surface area contributed by atoms with E-state index in [-0.39, 0.29) is 11.9 Å². The van der Waals surface area contributed by atoms with Crippen molar-refractivity contribution in [2.75, 3.05) is 26.1 Å². The summed E-state index contributed by atoms with van der Waals surface area (Å²) < 4.78 is 34.4. The van der Waals surface area contributed by atoms with Crippen molar-refractivity contribution in [3.05, 3.63) is 34.9 Å². The molecule has 0 radical (unpaired) electrons. The molecule has 1 aliphatic carbocycles. The molecule has 2 bridgehead atoms. The number of aryl methyl sites for hydroxylation is 1. The number of benzene rings is 1. The van der Waals surface area contributed by atoms with Crippen molar-refractivity contribution in [2.45, 2.75) is 44.0 Å². The van der Waals surface area contributed by atoms with Crippen LogP contribution in [0, 0.1) is 5.92 Å². The largest absolute Gasteiger partial charge is 0.333 e. The topological polar surface area (TPSA) is 23.6 Å². The van der Waals surface area contributed by atoms with E-state index in [0.717, 1.165) is 32.5 Å². The molecule has 0 saturated carbocycles. The first-order valence-corrected chi connectivity index (χ1v) is 8.50. The molecule has 4 aliphatic heterocycles. The summed E-state index contributed by atoms with van der Waals surface area (Å²) in [5.74, 6) is -0.316. The van der Waals surface area contributed by atoms with Crippen LogP contribution >= 0.6 is 0 Å². The number of fused-ring (bicyclic) bond motifs is 3. The van der Waals surface area contributed by atoms with E-state index in [9.17, 15) is 4.79 Å². The SMILES string of the molecule is [2H]C1([2H])CC[C@H]2c3c(cccc31)C(=O)N([C@@H]1CN3CCC1CC3)C2([2H])[2H]. The Morgan fingerprint density at radius 3 is 2.82 bits per heavy atom. The molecule has 3 saturated heterocycles. The molecule has 0 N–H and O–H groups in total. The van der Waals surface area contributed by atoms with Crippen LogP contribution < -0.4 is 0 Å². The van der Waals surface area contributed by atoms with Gasteiger partial charge in [0, 0.05) is 33.3 Å². The normalized spacial score (nSPS) is 43.6. The van der Waals surface area contributed by atoms with Crippen LogP contribution in [0.1, 0.15) is 58.6 Å². The number of amides is 1. The van der Waals surface area contributed by atoms with Crippen molar-refractivity contribution < 1.29 is 10.3 Å². The summed E-state index contributed by atoms with van der Waals surface area (Å²) in [6.07, 6.45) is 1.32. The molecule has 0 aromatic heterocycles. The zero-order valence-electron chi connectivity index (χ0n) is 16.7. The molecule has 3 nitrogen and oxygen atoms in total. The summed E-state index contributed by atoms with van der Waals surface area (Å²) in [5, 5.41) is 0. The third-order valence-corrected chi connectivity index (χ3v) is 5.90. The van der Waals surface area contributed by atoms with Crippen LogP contribution in [0.3, 0.4) is 0 Å². The Hall–Kier alpha value is -1.35. The molecule has 1 amide bonds. The first-order valence-electron chi connectivity index (χ1n) is 10.5. The Morgan fingerprint density at radius 1 is 1.18 bits per heavy atom. The van der Waals surface area contributed by atoms with Crippen molar-refractivity contribution in [3.8, 4) is 0 Å². The highest BCUT2D eigenvalue weighted by Gasteiger charge is 2.43. The molecule has 4 heterocycles. The number of hydrogen-bond acceptors (Lipinski definition) is 2. The third-order valence-electron chi connectivity index (χ3n) is 5.90. The van der Waals surface area contributed by atoms with Gasteiger partial charge in [-0.05, 0) is 68.3 Å². The van der Waals surface area contributed by atoms with E-state index in [1.54, 1.807) is 23.1 Å². The van der Waals surface area contributed by atoms with Gasteiger partial charge in [0.15, 0.2) is 0 Å². The van der Waals surface area contributed by atoms with Gasteiger partial charge in [0.1, 0.15) is 0 Å². The summed E-state index contributed by atoms with van der Waals surface area (Å²) in [5.41, 5.74) is 1.65. The van der Waals surface area contributed by atoms with Gasteiger partial charge < -0.3 is 9.80 Å². The zero-order valence-corrected chi connectivity index (χ0v) is 12.7. The molecule has 3 heteroatoms. The van der Waals surface area contributed by atoms with Crippen molar-refractivity contribution in [1.29, 1.82) is 0 Å². The maximum absolute atomic E-state index is 13.4. The molecule has 1 aromatic carbocycles. The molecule has 1 aromatic rings. The van der Waals surface area contributed by atoms with Crippen LogP contribution in [0.15, 0.2) is 18.2 Å². The first-order chi connectivity index (χ1) is 12.3. The highest BCUT2D eigenvalue weighted by atomic mass is 16.2. The number of carbonyl (C=O) groups is 1. The Morgan fingerprint density at radius 2 is 2.05 bits per heavy atom. The fourth-order valence-electron chi connectivity index (χ4n) is 4.73. The molecular formula is C19H24N2O. The second kappa shape index (κ2) is 4.82. The molecule has 0 spiro atoms. The Balaban J connectivity index is 1.64. The van der Waals surface area contributed by atoms with Crippen molar-refractivity contribution >= 4 is 5.91 Å². The van der Waals surface area contributed by atoms with Crippen LogP contribution in [0.2, 0.25) is 0 Å². The Bertz CT molecular complexity index is 773. The van der Waals surface area contributed by atoms with Crippen LogP contribution in [-0.2, 0) is 6.37 Å². The fourth-order valence-corrected chi connectivity index (χ4v) is 4.73. The summed E-state index contributed by atoms with van der Waals surface area (Å²) in [6.45, 7) is 1.10. The lowest BCUT2D eigenvalue weighted by atomic mass is 9.75. The number of carbonyl (C=O) groups excluding carboxylic acids is 1. The van der Waals surface area contributed by atoms with Gasteiger partial charge >= 0.3 is 0 Å². The lowest BCUT2D eigenvalue weighted by Crippen LogP contribution is -2.60. The summed E-state index contributed by atoms with van der Waals surface area (Å²) >= 11 is 0. The summed E-state index contributed by atoms with van der Waals surface area (Å²) in [4.78, 5) is 17.3. The predicted octanol–water partition coefficient (Wildman–Crippen LogP) is 2.66. The average molecular weight is 300 g/mol. The Kier molecular flexibility index (Phi) is 2.13. The molecule has 2 atom stereocenters. The number of nitrogens with zero attached hydrogens (tertiary/aromatic N) is 2. The van der Waals surface area contributed by atoms with Crippen LogP contribution in [-0.4, -0.2) is 47.9 Å². The van der Waals surface area contributed by atoms with Gasteiger partial charge in [-0.25, -0.2) is 0 Å². The highest BCUT2D eigenvalue weighted by Crippen LogP contribution is 2.41. The second-order valence-corrected chi connectivity index (χ2v) is 7.04. The minimum atomic E-state index is -1.76. The third kappa shape index (κ3) is 1.81. The van der Waals surface area contributed by atoms with Gasteiger partial charge in [-0.3, -0.25) is 4.79 Å². The highest BCUT2D eigenvalue weighted by molar-refractivity contribution is 5.97. The van der Waals surface area contributed by atoms with Gasteiger partial charge in [0.25, 0.3) is 5.91 Å². The molecule has 22 heavy (non-hydrogen) atoms.